The van der Waals surface area contributed by atoms with Gasteiger partial charge >= 0.3 is 12.0 Å². The number of rotatable bonds is 5. The van der Waals surface area contributed by atoms with Crippen LogP contribution in [0.3, 0.4) is 0 Å². The lowest BCUT2D eigenvalue weighted by Crippen LogP contribution is -2.51. The molecule has 6 heteroatoms. The summed E-state index contributed by atoms with van der Waals surface area (Å²) in [5.41, 5.74) is 0. The molecule has 1 aliphatic heterocycles. The highest BCUT2D eigenvalue weighted by atomic mass is 16.5. The van der Waals surface area contributed by atoms with Crippen LogP contribution in [0.5, 0.6) is 0 Å². The summed E-state index contributed by atoms with van der Waals surface area (Å²) in [5, 5.41) is 9.09. The Labute approximate surface area is 114 Å². The quantitative estimate of drug-likeness (QED) is 0.818. The largest absolute Gasteiger partial charge is 0.480 e. The monoisotopic (exact) mass is 272 g/mol. The number of carbonyl (C=O) groups is 2. The maximum Gasteiger partial charge on any atom is 0.326 e. The molecule has 1 heterocycles. The number of amides is 2. The average Bonchev–Trinajstić information content (AvgIpc) is 2.39. The minimum atomic E-state index is -0.955. The van der Waals surface area contributed by atoms with Crippen LogP contribution in [0.15, 0.2) is 0 Å². The first-order chi connectivity index (χ1) is 9.01. The van der Waals surface area contributed by atoms with Crippen molar-refractivity contribution in [2.75, 3.05) is 33.9 Å². The van der Waals surface area contributed by atoms with Crippen LogP contribution in [0.4, 0.5) is 4.79 Å². The number of piperidine rings is 1. The number of ether oxygens (including phenoxy) is 1. The Balaban J connectivity index is 2.63. The summed E-state index contributed by atoms with van der Waals surface area (Å²) in [6.45, 7) is 3.75. The highest BCUT2D eigenvalue weighted by molar-refractivity contribution is 5.82. The van der Waals surface area contributed by atoms with Gasteiger partial charge in [0.05, 0.1) is 6.61 Å². The van der Waals surface area contributed by atoms with E-state index in [1.807, 2.05) is 0 Å². The number of carbonyl (C=O) groups excluding carboxylic acids is 1. The third kappa shape index (κ3) is 4.09. The first-order valence-corrected chi connectivity index (χ1v) is 6.74. The zero-order chi connectivity index (χ0) is 14.4. The number of methoxy groups -OCH3 is 1. The van der Waals surface area contributed by atoms with E-state index in [0.717, 1.165) is 12.8 Å². The number of aliphatic carboxylic acids is 1. The van der Waals surface area contributed by atoms with E-state index >= 15 is 0 Å². The Morgan fingerprint density at radius 3 is 2.74 bits per heavy atom. The van der Waals surface area contributed by atoms with E-state index in [0.29, 0.717) is 32.0 Å². The van der Waals surface area contributed by atoms with Gasteiger partial charge in [-0.05, 0) is 19.3 Å². The van der Waals surface area contributed by atoms with Crippen LogP contribution in [-0.4, -0.2) is 66.8 Å². The van der Waals surface area contributed by atoms with Crippen LogP contribution < -0.4 is 0 Å². The molecule has 0 radical (unpaired) electrons. The van der Waals surface area contributed by atoms with Gasteiger partial charge in [-0.3, -0.25) is 0 Å². The molecule has 1 saturated heterocycles. The molecular weight excluding hydrogens is 248 g/mol. The molecule has 0 aromatic heterocycles. The average molecular weight is 272 g/mol. The van der Waals surface area contributed by atoms with Gasteiger partial charge in [0.25, 0.3) is 0 Å². The van der Waals surface area contributed by atoms with Crippen molar-refractivity contribution >= 4 is 12.0 Å². The fourth-order valence-corrected chi connectivity index (χ4v) is 2.58. The number of hydrogen-bond acceptors (Lipinski definition) is 3. The molecule has 1 aliphatic rings. The lowest BCUT2D eigenvalue weighted by molar-refractivity contribution is -0.142. The molecule has 110 valence electrons. The van der Waals surface area contributed by atoms with Crippen molar-refractivity contribution in [1.82, 2.24) is 9.80 Å². The van der Waals surface area contributed by atoms with Gasteiger partial charge in [0, 0.05) is 33.2 Å². The summed E-state index contributed by atoms with van der Waals surface area (Å²) in [6.07, 6.45) is 2.40. The van der Waals surface area contributed by atoms with E-state index in [2.05, 4.69) is 0 Å². The normalized spacial score (nSPS) is 21.0. The summed E-state index contributed by atoms with van der Waals surface area (Å²) in [4.78, 5) is 26.5. The maximum atomic E-state index is 12.3. The van der Waals surface area contributed by atoms with E-state index in [1.54, 1.807) is 26.0 Å². The van der Waals surface area contributed by atoms with E-state index in [9.17, 15) is 9.59 Å². The fourth-order valence-electron chi connectivity index (χ4n) is 2.58. The van der Waals surface area contributed by atoms with Gasteiger partial charge < -0.3 is 19.6 Å². The van der Waals surface area contributed by atoms with Crippen molar-refractivity contribution in [2.45, 2.75) is 32.2 Å². The molecule has 0 aromatic rings. The van der Waals surface area contributed by atoms with E-state index < -0.39 is 12.0 Å². The zero-order valence-corrected chi connectivity index (χ0v) is 12.0. The van der Waals surface area contributed by atoms with Gasteiger partial charge in [0.2, 0.25) is 0 Å². The van der Waals surface area contributed by atoms with Crippen LogP contribution in [0, 0.1) is 5.92 Å². The molecule has 1 rings (SSSR count). The minimum Gasteiger partial charge on any atom is -0.480 e. The first kappa shape index (κ1) is 15.8. The lowest BCUT2D eigenvalue weighted by atomic mass is 9.99. The third-order valence-corrected chi connectivity index (χ3v) is 3.63. The van der Waals surface area contributed by atoms with Crippen molar-refractivity contribution in [2.24, 2.45) is 5.92 Å². The Morgan fingerprint density at radius 2 is 2.21 bits per heavy atom. The molecule has 6 nitrogen and oxygen atoms in total. The highest BCUT2D eigenvalue weighted by Gasteiger charge is 2.30. The molecule has 2 unspecified atom stereocenters. The fraction of sp³-hybridized carbons (Fsp3) is 0.846. The number of likely N-dealkylation sites (tertiary alicyclic amines) is 1. The Kier molecular flexibility index (Phi) is 6.08. The predicted octanol–water partition coefficient (Wildman–Crippen LogP) is 1.26. The van der Waals surface area contributed by atoms with Crippen LogP contribution in [0.2, 0.25) is 0 Å². The maximum absolute atomic E-state index is 12.3. The third-order valence-electron chi connectivity index (χ3n) is 3.63. The summed E-state index contributed by atoms with van der Waals surface area (Å²) in [6, 6.07) is -0.953. The van der Waals surface area contributed by atoms with Gasteiger partial charge in [0.1, 0.15) is 6.04 Å². The van der Waals surface area contributed by atoms with Crippen LogP contribution in [0.25, 0.3) is 0 Å². The van der Waals surface area contributed by atoms with Crippen LogP contribution in [0.1, 0.15) is 26.2 Å². The molecule has 0 spiro atoms. The topological polar surface area (TPSA) is 70.1 Å². The van der Waals surface area contributed by atoms with Gasteiger partial charge in [-0.1, -0.05) is 6.92 Å². The molecule has 0 bridgehead atoms. The van der Waals surface area contributed by atoms with Gasteiger partial charge in [0.15, 0.2) is 0 Å². The number of carboxylic acid groups (broad SMARTS) is 1. The highest BCUT2D eigenvalue weighted by Crippen LogP contribution is 2.18. The summed E-state index contributed by atoms with van der Waals surface area (Å²) in [7, 11) is 3.22. The Bertz CT molecular complexity index is 320. The Morgan fingerprint density at radius 1 is 1.53 bits per heavy atom. The van der Waals surface area contributed by atoms with Crippen LogP contribution >= 0.6 is 0 Å². The van der Waals surface area contributed by atoms with Gasteiger partial charge in [-0.25, -0.2) is 9.59 Å². The molecule has 2 amide bonds. The predicted molar refractivity (Wildman–Crippen MR) is 71.0 cm³/mol. The molecule has 0 saturated carbocycles. The summed E-state index contributed by atoms with van der Waals surface area (Å²) >= 11 is 0. The first-order valence-electron chi connectivity index (χ1n) is 6.74. The van der Waals surface area contributed by atoms with Gasteiger partial charge in [-0.15, -0.1) is 0 Å². The zero-order valence-electron chi connectivity index (χ0n) is 12.0. The number of nitrogens with zero attached hydrogens (tertiary/aromatic N) is 2. The second-order valence-corrected chi connectivity index (χ2v) is 5.07. The Hall–Kier alpha value is -1.30. The van der Waals surface area contributed by atoms with E-state index in [4.69, 9.17) is 9.84 Å². The summed E-state index contributed by atoms with van der Waals surface area (Å²) < 4.78 is 5.13. The second-order valence-electron chi connectivity index (χ2n) is 5.07. The standard InChI is InChI=1S/C13H24N2O4/c1-4-11(12(16)17)14(2)13(18)15-7-5-6-10(8-15)9-19-3/h10-11H,4-9H2,1-3H3,(H,16,17). The SMILES string of the molecule is CCC(C(=O)O)N(C)C(=O)N1CCCC(COC)C1. The van der Waals surface area contributed by atoms with E-state index in [1.165, 1.54) is 4.90 Å². The van der Waals surface area contributed by atoms with Gasteiger partial charge in [-0.2, -0.15) is 0 Å². The number of carboxylic acids is 1. The number of hydrogen-bond donors (Lipinski definition) is 1. The molecule has 0 aliphatic carbocycles. The van der Waals surface area contributed by atoms with Crippen molar-refractivity contribution in [3.63, 3.8) is 0 Å². The number of likely N-dealkylation sites (N-methyl/N-ethyl adjacent to an activating group) is 1. The summed E-state index contributed by atoms with van der Waals surface area (Å²) in [5.74, 6) is -0.607. The second kappa shape index (κ2) is 7.33. The van der Waals surface area contributed by atoms with Crippen molar-refractivity contribution in [3.8, 4) is 0 Å². The van der Waals surface area contributed by atoms with Crippen molar-refractivity contribution in [3.05, 3.63) is 0 Å². The number of urea groups is 1. The smallest absolute Gasteiger partial charge is 0.326 e. The lowest BCUT2D eigenvalue weighted by Gasteiger charge is -2.36. The van der Waals surface area contributed by atoms with Crippen LogP contribution in [-0.2, 0) is 9.53 Å². The molecular formula is C13H24N2O4. The van der Waals surface area contributed by atoms with Crippen molar-refractivity contribution < 1.29 is 19.4 Å². The molecule has 19 heavy (non-hydrogen) atoms. The molecule has 2 atom stereocenters. The minimum absolute atomic E-state index is 0.199. The molecule has 1 fully saturated rings. The van der Waals surface area contributed by atoms with E-state index in [-0.39, 0.29) is 6.03 Å². The van der Waals surface area contributed by atoms with Crippen molar-refractivity contribution in [1.29, 1.82) is 0 Å². The molecule has 1 N–H and O–H groups in total. The molecule has 0 aromatic carbocycles.